The molecule has 0 fully saturated rings. The fourth-order valence-electron chi connectivity index (χ4n) is 1.51. The zero-order valence-electron chi connectivity index (χ0n) is 8.81. The summed E-state index contributed by atoms with van der Waals surface area (Å²) in [4.78, 5) is 0. The minimum Gasteiger partial charge on any atom is -0.497 e. The van der Waals surface area contributed by atoms with Gasteiger partial charge in [0.1, 0.15) is 5.75 Å². The van der Waals surface area contributed by atoms with Crippen LogP contribution in [0.3, 0.4) is 0 Å². The van der Waals surface area contributed by atoms with Crippen molar-refractivity contribution in [2.75, 3.05) is 7.11 Å². The molecule has 1 heterocycles. The summed E-state index contributed by atoms with van der Waals surface area (Å²) in [6.45, 7) is 0. The molecule has 2 nitrogen and oxygen atoms in total. The number of nitrogens with two attached hydrogens (primary N) is 1. The third-order valence-electron chi connectivity index (χ3n) is 2.40. The van der Waals surface area contributed by atoms with Gasteiger partial charge >= 0.3 is 0 Å². The SMILES string of the molecule is COc1cccc(C(N)c2csc(I)c2)c1. The molecule has 0 aliphatic rings. The average Bonchev–Trinajstić information content (AvgIpc) is 2.75. The van der Waals surface area contributed by atoms with Crippen molar-refractivity contribution in [1.29, 1.82) is 0 Å². The van der Waals surface area contributed by atoms with Crippen LogP contribution in [0.15, 0.2) is 35.7 Å². The molecule has 2 N–H and O–H groups in total. The van der Waals surface area contributed by atoms with E-state index in [1.165, 1.54) is 2.88 Å². The number of methoxy groups -OCH3 is 1. The number of rotatable bonds is 3. The monoisotopic (exact) mass is 345 g/mol. The molecule has 0 aliphatic carbocycles. The van der Waals surface area contributed by atoms with Crippen molar-refractivity contribution in [3.8, 4) is 5.75 Å². The Bertz CT molecular complexity index is 483. The quantitative estimate of drug-likeness (QED) is 0.866. The fraction of sp³-hybridized carbons (Fsp3) is 0.167. The lowest BCUT2D eigenvalue weighted by atomic mass is 10.0. The molecular formula is C12H12INOS. The van der Waals surface area contributed by atoms with E-state index >= 15 is 0 Å². The van der Waals surface area contributed by atoms with E-state index in [-0.39, 0.29) is 6.04 Å². The largest absolute Gasteiger partial charge is 0.497 e. The Morgan fingerprint density at radius 2 is 2.12 bits per heavy atom. The van der Waals surface area contributed by atoms with Crippen molar-refractivity contribution in [3.05, 3.63) is 49.7 Å². The predicted molar refractivity (Wildman–Crippen MR) is 76.1 cm³/mol. The highest BCUT2D eigenvalue weighted by Crippen LogP contribution is 2.27. The Morgan fingerprint density at radius 1 is 1.31 bits per heavy atom. The van der Waals surface area contributed by atoms with Crippen molar-refractivity contribution < 1.29 is 4.74 Å². The number of halogens is 1. The van der Waals surface area contributed by atoms with Gasteiger partial charge in [-0.15, -0.1) is 11.3 Å². The molecule has 1 atom stereocenters. The van der Waals surface area contributed by atoms with E-state index in [4.69, 9.17) is 10.5 Å². The molecule has 16 heavy (non-hydrogen) atoms. The van der Waals surface area contributed by atoms with Gasteiger partial charge in [-0.25, -0.2) is 0 Å². The van der Waals surface area contributed by atoms with Crippen LogP contribution in [0.5, 0.6) is 5.75 Å². The third kappa shape index (κ3) is 2.56. The van der Waals surface area contributed by atoms with Gasteiger partial charge in [0.2, 0.25) is 0 Å². The topological polar surface area (TPSA) is 35.2 Å². The lowest BCUT2D eigenvalue weighted by Crippen LogP contribution is -2.10. The minimum absolute atomic E-state index is 0.0742. The number of benzene rings is 1. The van der Waals surface area contributed by atoms with Crippen LogP contribution in [0.4, 0.5) is 0 Å². The van der Waals surface area contributed by atoms with Gasteiger partial charge in [-0.2, -0.15) is 0 Å². The molecule has 0 amide bonds. The first kappa shape index (κ1) is 11.9. The Labute approximate surface area is 113 Å². The molecule has 0 aliphatic heterocycles. The van der Waals surface area contributed by atoms with Gasteiger partial charge in [-0.05, 0) is 57.3 Å². The zero-order chi connectivity index (χ0) is 11.5. The van der Waals surface area contributed by atoms with Crippen molar-refractivity contribution in [2.24, 2.45) is 5.73 Å². The van der Waals surface area contributed by atoms with Gasteiger partial charge in [-0.3, -0.25) is 0 Å². The van der Waals surface area contributed by atoms with E-state index in [0.717, 1.165) is 16.9 Å². The molecule has 0 spiro atoms. The highest BCUT2D eigenvalue weighted by Gasteiger charge is 2.11. The molecule has 0 bridgehead atoms. The highest BCUT2D eigenvalue weighted by atomic mass is 127. The first-order chi connectivity index (χ1) is 7.70. The van der Waals surface area contributed by atoms with Crippen molar-refractivity contribution in [1.82, 2.24) is 0 Å². The lowest BCUT2D eigenvalue weighted by Gasteiger charge is -2.11. The fourth-order valence-corrected chi connectivity index (χ4v) is 2.92. The maximum absolute atomic E-state index is 6.20. The van der Waals surface area contributed by atoms with E-state index in [0.29, 0.717) is 0 Å². The van der Waals surface area contributed by atoms with Crippen LogP contribution in [-0.4, -0.2) is 7.11 Å². The summed E-state index contributed by atoms with van der Waals surface area (Å²) in [7, 11) is 1.66. The van der Waals surface area contributed by atoms with Gasteiger partial charge in [0, 0.05) is 0 Å². The second-order valence-corrected chi connectivity index (χ2v) is 6.24. The van der Waals surface area contributed by atoms with E-state index in [1.807, 2.05) is 24.3 Å². The van der Waals surface area contributed by atoms with Crippen LogP contribution in [0, 0.1) is 2.88 Å². The van der Waals surface area contributed by atoms with Crippen LogP contribution >= 0.6 is 33.9 Å². The first-order valence-corrected chi connectivity index (χ1v) is 6.80. The normalized spacial score (nSPS) is 12.4. The minimum atomic E-state index is -0.0742. The molecule has 4 heteroatoms. The van der Waals surface area contributed by atoms with Gasteiger partial charge in [0.05, 0.1) is 16.0 Å². The van der Waals surface area contributed by atoms with E-state index in [9.17, 15) is 0 Å². The number of thiophene rings is 1. The first-order valence-electron chi connectivity index (χ1n) is 4.84. The standard InChI is InChI=1S/C12H12INOS/c1-15-10-4-2-3-8(5-10)12(14)9-6-11(13)16-7-9/h2-7,12H,14H2,1H3. The molecule has 1 aromatic heterocycles. The van der Waals surface area contributed by atoms with Crippen LogP contribution in [0.1, 0.15) is 17.2 Å². The second kappa shape index (κ2) is 5.16. The Balaban J connectivity index is 2.29. The van der Waals surface area contributed by atoms with Crippen LogP contribution in [-0.2, 0) is 0 Å². The van der Waals surface area contributed by atoms with Gasteiger partial charge in [0.25, 0.3) is 0 Å². The maximum Gasteiger partial charge on any atom is 0.119 e. The second-order valence-electron chi connectivity index (χ2n) is 3.44. The molecule has 0 saturated heterocycles. The summed E-state index contributed by atoms with van der Waals surface area (Å²) in [6, 6.07) is 9.94. The summed E-state index contributed by atoms with van der Waals surface area (Å²) in [5.74, 6) is 0.845. The molecule has 84 valence electrons. The lowest BCUT2D eigenvalue weighted by molar-refractivity contribution is 0.414. The van der Waals surface area contributed by atoms with Gasteiger partial charge in [0.15, 0.2) is 0 Å². The third-order valence-corrected chi connectivity index (χ3v) is 4.21. The Hall–Kier alpha value is -0.590. The van der Waals surface area contributed by atoms with Crippen molar-refractivity contribution in [2.45, 2.75) is 6.04 Å². The van der Waals surface area contributed by atoms with E-state index < -0.39 is 0 Å². The van der Waals surface area contributed by atoms with Crippen molar-refractivity contribution in [3.63, 3.8) is 0 Å². The summed E-state index contributed by atoms with van der Waals surface area (Å²) < 4.78 is 6.45. The molecule has 0 radical (unpaired) electrons. The highest BCUT2D eigenvalue weighted by molar-refractivity contribution is 14.1. The average molecular weight is 345 g/mol. The van der Waals surface area contributed by atoms with Crippen LogP contribution < -0.4 is 10.5 Å². The summed E-state index contributed by atoms with van der Waals surface area (Å²) in [6.07, 6.45) is 0. The number of hydrogen-bond donors (Lipinski definition) is 1. The van der Waals surface area contributed by atoms with Gasteiger partial charge in [-0.1, -0.05) is 12.1 Å². The molecular weight excluding hydrogens is 333 g/mol. The maximum atomic E-state index is 6.20. The molecule has 2 rings (SSSR count). The van der Waals surface area contributed by atoms with Crippen LogP contribution in [0.25, 0.3) is 0 Å². The molecule has 1 aromatic carbocycles. The van der Waals surface area contributed by atoms with Crippen LogP contribution in [0.2, 0.25) is 0 Å². The summed E-state index contributed by atoms with van der Waals surface area (Å²) >= 11 is 4.02. The molecule has 2 aromatic rings. The predicted octanol–water partition coefficient (Wildman–Crippen LogP) is 3.41. The van der Waals surface area contributed by atoms with E-state index in [2.05, 4.69) is 34.0 Å². The zero-order valence-corrected chi connectivity index (χ0v) is 11.8. The Morgan fingerprint density at radius 3 is 2.75 bits per heavy atom. The number of ether oxygens (including phenoxy) is 1. The number of hydrogen-bond acceptors (Lipinski definition) is 3. The summed E-state index contributed by atoms with van der Waals surface area (Å²) in [5, 5.41) is 2.10. The molecule has 1 unspecified atom stereocenters. The van der Waals surface area contributed by atoms with Crippen molar-refractivity contribution >= 4 is 33.9 Å². The molecule has 0 saturated carbocycles. The van der Waals surface area contributed by atoms with E-state index in [1.54, 1.807) is 18.4 Å². The van der Waals surface area contributed by atoms with Gasteiger partial charge < -0.3 is 10.5 Å². The summed E-state index contributed by atoms with van der Waals surface area (Å²) in [5.41, 5.74) is 8.43. The Kier molecular flexibility index (Phi) is 3.83. The smallest absolute Gasteiger partial charge is 0.119 e.